The molecule has 158 valence electrons. The summed E-state index contributed by atoms with van der Waals surface area (Å²) in [4.78, 5) is 18.0. The largest absolute Gasteiger partial charge is 0.490 e. The molecule has 1 spiro atoms. The summed E-state index contributed by atoms with van der Waals surface area (Å²) in [7, 11) is 0. The van der Waals surface area contributed by atoms with Crippen molar-refractivity contribution in [3.8, 4) is 11.5 Å². The van der Waals surface area contributed by atoms with Gasteiger partial charge in [0.2, 0.25) is 0 Å². The lowest BCUT2D eigenvalue weighted by atomic mass is 9.78. The van der Waals surface area contributed by atoms with Crippen LogP contribution in [0.4, 0.5) is 0 Å². The monoisotopic (exact) mass is 400 g/mol. The summed E-state index contributed by atoms with van der Waals surface area (Å²) in [5, 5.41) is 0. The molecule has 5 rings (SSSR count). The maximum absolute atomic E-state index is 13.4. The van der Waals surface area contributed by atoms with Gasteiger partial charge in [0, 0.05) is 24.6 Å². The van der Waals surface area contributed by atoms with E-state index in [1.165, 1.54) is 45.2 Å². The zero-order valence-electron chi connectivity index (χ0n) is 17.2. The summed E-state index contributed by atoms with van der Waals surface area (Å²) in [6, 6.07) is 6.04. The Morgan fingerprint density at radius 1 is 0.931 bits per heavy atom. The van der Waals surface area contributed by atoms with E-state index in [0.717, 1.165) is 18.6 Å². The molecule has 1 aliphatic carbocycles. The third-order valence-corrected chi connectivity index (χ3v) is 7.01. The number of nitrogens with zero attached hydrogens (tertiary/aromatic N) is 2. The van der Waals surface area contributed by atoms with E-state index < -0.39 is 0 Å². The summed E-state index contributed by atoms with van der Waals surface area (Å²) in [6.45, 7) is 5.61. The van der Waals surface area contributed by atoms with Crippen LogP contribution in [-0.4, -0.2) is 73.3 Å². The number of hydrogen-bond acceptors (Lipinski definition) is 5. The lowest BCUT2D eigenvalue weighted by Crippen LogP contribution is -2.64. The molecule has 1 amide bonds. The Balaban J connectivity index is 1.36. The number of rotatable bonds is 2. The fourth-order valence-electron chi connectivity index (χ4n) is 5.57. The highest BCUT2D eigenvalue weighted by atomic mass is 16.5. The number of ether oxygens (including phenoxy) is 3. The van der Waals surface area contributed by atoms with Gasteiger partial charge >= 0.3 is 0 Å². The summed E-state index contributed by atoms with van der Waals surface area (Å²) in [6.07, 6.45) is 8.13. The predicted octanol–water partition coefficient (Wildman–Crippen LogP) is 3.10. The van der Waals surface area contributed by atoms with Gasteiger partial charge in [-0.1, -0.05) is 12.8 Å². The number of morpholine rings is 1. The van der Waals surface area contributed by atoms with Crippen molar-refractivity contribution < 1.29 is 19.0 Å². The number of hydrogen-bond donors (Lipinski definition) is 0. The van der Waals surface area contributed by atoms with Crippen LogP contribution in [0.1, 0.15) is 55.3 Å². The second kappa shape index (κ2) is 8.15. The summed E-state index contributed by atoms with van der Waals surface area (Å²) < 4.78 is 18.0. The maximum Gasteiger partial charge on any atom is 0.254 e. The highest BCUT2D eigenvalue weighted by molar-refractivity contribution is 5.95. The van der Waals surface area contributed by atoms with Crippen LogP contribution in [0.2, 0.25) is 0 Å². The van der Waals surface area contributed by atoms with E-state index in [0.29, 0.717) is 50.3 Å². The maximum atomic E-state index is 13.4. The fourth-order valence-corrected chi connectivity index (χ4v) is 5.57. The van der Waals surface area contributed by atoms with Crippen LogP contribution < -0.4 is 9.47 Å². The van der Waals surface area contributed by atoms with E-state index in [4.69, 9.17) is 14.2 Å². The van der Waals surface area contributed by atoms with Gasteiger partial charge in [-0.25, -0.2) is 0 Å². The molecular formula is C23H32N2O4. The van der Waals surface area contributed by atoms with E-state index >= 15 is 0 Å². The van der Waals surface area contributed by atoms with Crippen LogP contribution in [0.15, 0.2) is 18.2 Å². The van der Waals surface area contributed by atoms with Gasteiger partial charge in [0.15, 0.2) is 11.5 Å². The highest BCUT2D eigenvalue weighted by Crippen LogP contribution is 2.39. The second-order valence-corrected chi connectivity index (χ2v) is 8.86. The van der Waals surface area contributed by atoms with Crippen molar-refractivity contribution in [2.45, 2.75) is 56.6 Å². The number of carbonyl (C=O) groups excluding carboxylic acids is 1. The van der Waals surface area contributed by atoms with Crippen LogP contribution >= 0.6 is 0 Å². The summed E-state index contributed by atoms with van der Waals surface area (Å²) in [5.41, 5.74) is 0.474. The third-order valence-electron chi connectivity index (χ3n) is 7.01. The van der Waals surface area contributed by atoms with E-state index in [1.54, 1.807) is 0 Å². The van der Waals surface area contributed by atoms with Crippen LogP contribution in [0.25, 0.3) is 0 Å². The number of fused-ring (bicyclic) bond motifs is 1. The Labute approximate surface area is 173 Å². The fraction of sp³-hybridized carbons (Fsp3) is 0.696. The topological polar surface area (TPSA) is 51.2 Å². The van der Waals surface area contributed by atoms with Crippen LogP contribution in [0.5, 0.6) is 11.5 Å². The third kappa shape index (κ3) is 3.73. The lowest BCUT2D eigenvalue weighted by molar-refractivity contribution is -0.156. The van der Waals surface area contributed by atoms with Crippen molar-refractivity contribution in [2.75, 3.05) is 46.0 Å². The van der Waals surface area contributed by atoms with E-state index in [-0.39, 0.29) is 11.5 Å². The number of benzene rings is 1. The van der Waals surface area contributed by atoms with Gasteiger partial charge in [-0.2, -0.15) is 0 Å². The van der Waals surface area contributed by atoms with Crippen LogP contribution in [-0.2, 0) is 4.74 Å². The number of amides is 1. The Morgan fingerprint density at radius 3 is 2.62 bits per heavy atom. The molecule has 0 unspecified atom stereocenters. The molecule has 2 atom stereocenters. The first-order chi connectivity index (χ1) is 14.3. The highest BCUT2D eigenvalue weighted by Gasteiger charge is 2.48. The van der Waals surface area contributed by atoms with Gasteiger partial charge in [0.25, 0.3) is 5.91 Å². The van der Waals surface area contributed by atoms with Crippen molar-refractivity contribution >= 4 is 5.91 Å². The predicted molar refractivity (Wildman–Crippen MR) is 110 cm³/mol. The first kappa shape index (κ1) is 19.2. The second-order valence-electron chi connectivity index (χ2n) is 8.86. The molecule has 3 fully saturated rings. The first-order valence-electron chi connectivity index (χ1n) is 11.3. The van der Waals surface area contributed by atoms with Crippen LogP contribution in [0, 0.1) is 0 Å². The molecule has 0 N–H and O–H groups in total. The van der Waals surface area contributed by atoms with Gasteiger partial charge in [-0.3, -0.25) is 9.69 Å². The van der Waals surface area contributed by atoms with Crippen molar-refractivity contribution in [1.29, 1.82) is 0 Å². The molecule has 6 nitrogen and oxygen atoms in total. The molecule has 0 radical (unpaired) electrons. The van der Waals surface area contributed by atoms with Crippen molar-refractivity contribution in [3.05, 3.63) is 23.8 Å². The quantitative estimate of drug-likeness (QED) is 0.764. The average molecular weight is 401 g/mol. The molecule has 3 aliphatic heterocycles. The molecule has 0 bridgehead atoms. The Morgan fingerprint density at radius 2 is 1.76 bits per heavy atom. The Bertz CT molecular complexity index is 744. The molecule has 4 aliphatic rings. The van der Waals surface area contributed by atoms with Gasteiger partial charge in [0.1, 0.15) is 5.60 Å². The van der Waals surface area contributed by atoms with E-state index in [2.05, 4.69) is 4.90 Å². The molecule has 29 heavy (non-hydrogen) atoms. The Kier molecular flexibility index (Phi) is 5.39. The first-order valence-corrected chi connectivity index (χ1v) is 11.3. The van der Waals surface area contributed by atoms with Crippen molar-refractivity contribution in [3.63, 3.8) is 0 Å². The van der Waals surface area contributed by atoms with Crippen LogP contribution in [0.3, 0.4) is 0 Å². The standard InChI is InChI=1S/C23H32N2O4/c26-22(18-7-8-19-20(16-18)28-14-5-13-27-19)25-12-15-29-23(17-25)9-2-1-6-21(23)24-10-3-4-11-24/h7-8,16,21H,1-6,9-15,17H2/t21-,23-/m0/s1. The zero-order chi connectivity index (χ0) is 19.7. The molecule has 1 aromatic rings. The average Bonchev–Trinajstić information content (AvgIpc) is 3.18. The molecule has 0 aromatic heterocycles. The Hall–Kier alpha value is -1.79. The van der Waals surface area contributed by atoms with Gasteiger partial charge in [-0.05, 0) is 57.0 Å². The smallest absolute Gasteiger partial charge is 0.254 e. The van der Waals surface area contributed by atoms with Crippen molar-refractivity contribution in [1.82, 2.24) is 9.80 Å². The minimum Gasteiger partial charge on any atom is -0.490 e. The lowest BCUT2D eigenvalue weighted by Gasteiger charge is -2.52. The van der Waals surface area contributed by atoms with Gasteiger partial charge in [0.05, 0.1) is 26.4 Å². The normalized spacial score (nSPS) is 30.3. The molecule has 3 heterocycles. The number of likely N-dealkylation sites (tertiary alicyclic amines) is 1. The minimum atomic E-state index is -0.207. The number of carbonyl (C=O) groups is 1. The molecular weight excluding hydrogens is 368 g/mol. The van der Waals surface area contributed by atoms with Gasteiger partial charge in [-0.15, -0.1) is 0 Å². The van der Waals surface area contributed by atoms with E-state index in [1.807, 2.05) is 23.1 Å². The van der Waals surface area contributed by atoms with Gasteiger partial charge < -0.3 is 19.1 Å². The SMILES string of the molecule is O=C(c1ccc2c(c1)OCCCO2)N1CCO[C@@]2(CCCC[C@@H]2N2CCCC2)C1. The molecule has 1 aromatic carbocycles. The minimum absolute atomic E-state index is 0.0778. The van der Waals surface area contributed by atoms with Crippen molar-refractivity contribution in [2.24, 2.45) is 0 Å². The summed E-state index contributed by atoms with van der Waals surface area (Å²) >= 11 is 0. The molecule has 2 saturated heterocycles. The molecule has 6 heteroatoms. The summed E-state index contributed by atoms with van der Waals surface area (Å²) in [5.74, 6) is 1.50. The molecule has 1 saturated carbocycles. The zero-order valence-corrected chi connectivity index (χ0v) is 17.2. The van der Waals surface area contributed by atoms with E-state index in [9.17, 15) is 4.79 Å².